The van der Waals surface area contributed by atoms with E-state index in [-0.39, 0.29) is 10.6 Å². The first-order valence-electron chi connectivity index (χ1n) is 7.70. The van der Waals surface area contributed by atoms with Gasteiger partial charge in [-0.15, -0.1) is 0 Å². The molecule has 0 amide bonds. The number of hydrogen-bond acceptors (Lipinski definition) is 3. The molecule has 3 aromatic carbocycles. The van der Waals surface area contributed by atoms with Gasteiger partial charge in [0.15, 0.2) is 0 Å². The van der Waals surface area contributed by atoms with Gasteiger partial charge >= 0.3 is 0 Å². The first kappa shape index (κ1) is 15.7. The maximum atomic E-state index is 10.7. The summed E-state index contributed by atoms with van der Waals surface area (Å²) >= 11 is 0. The molecule has 24 heavy (non-hydrogen) atoms. The van der Waals surface area contributed by atoms with Crippen LogP contribution in [0.4, 0.5) is 5.69 Å². The Hall–Kier alpha value is -3.14. The molecule has 3 aromatic rings. The molecule has 0 aliphatic rings. The molecule has 3 rings (SSSR count). The molecule has 0 N–H and O–H groups in total. The summed E-state index contributed by atoms with van der Waals surface area (Å²) in [6.07, 6.45) is 0.733. The topological polar surface area (TPSA) is 52.4 Å². The SMILES string of the molecule is O=[N+]([O-])c1ccc(Cc2ccc(OCc3ccccc3)cc2)cc1. The normalized spacial score (nSPS) is 10.3. The van der Waals surface area contributed by atoms with E-state index in [1.807, 2.05) is 54.6 Å². The van der Waals surface area contributed by atoms with Crippen molar-refractivity contribution in [2.24, 2.45) is 0 Å². The molecule has 0 atom stereocenters. The number of nitro groups is 1. The van der Waals surface area contributed by atoms with E-state index < -0.39 is 0 Å². The summed E-state index contributed by atoms with van der Waals surface area (Å²) < 4.78 is 5.76. The van der Waals surface area contributed by atoms with Crippen LogP contribution in [0.25, 0.3) is 0 Å². The second-order valence-electron chi connectivity index (χ2n) is 5.52. The van der Waals surface area contributed by atoms with Crippen molar-refractivity contribution < 1.29 is 9.66 Å². The lowest BCUT2D eigenvalue weighted by Gasteiger charge is -2.07. The molecule has 4 heteroatoms. The Labute approximate surface area is 140 Å². The standard InChI is InChI=1S/C20H17NO3/c22-21(23)19-10-6-16(7-11-19)14-17-8-12-20(13-9-17)24-15-18-4-2-1-3-5-18/h1-13H,14-15H2. The maximum absolute atomic E-state index is 10.7. The Morgan fingerprint density at radius 2 is 1.33 bits per heavy atom. The zero-order chi connectivity index (χ0) is 16.8. The van der Waals surface area contributed by atoms with Crippen molar-refractivity contribution >= 4 is 5.69 Å². The first-order valence-corrected chi connectivity index (χ1v) is 7.70. The van der Waals surface area contributed by atoms with Gasteiger partial charge < -0.3 is 4.74 Å². The Balaban J connectivity index is 1.59. The van der Waals surface area contributed by atoms with E-state index in [0.717, 1.165) is 28.9 Å². The monoisotopic (exact) mass is 319 g/mol. The van der Waals surface area contributed by atoms with Crippen LogP contribution in [0.2, 0.25) is 0 Å². The van der Waals surface area contributed by atoms with Gasteiger partial charge in [-0.05, 0) is 35.2 Å². The summed E-state index contributed by atoms with van der Waals surface area (Å²) in [7, 11) is 0. The van der Waals surface area contributed by atoms with Gasteiger partial charge in [0.05, 0.1) is 4.92 Å². The van der Waals surface area contributed by atoms with Crippen LogP contribution in [0.5, 0.6) is 5.75 Å². The van der Waals surface area contributed by atoms with E-state index in [0.29, 0.717) is 6.61 Å². The van der Waals surface area contributed by atoms with Gasteiger partial charge in [-0.1, -0.05) is 54.6 Å². The van der Waals surface area contributed by atoms with Gasteiger partial charge in [0.25, 0.3) is 5.69 Å². The van der Waals surface area contributed by atoms with Crippen molar-refractivity contribution in [3.05, 3.63) is 106 Å². The highest BCUT2D eigenvalue weighted by Crippen LogP contribution is 2.18. The van der Waals surface area contributed by atoms with E-state index in [9.17, 15) is 10.1 Å². The molecule has 0 saturated carbocycles. The van der Waals surface area contributed by atoms with Gasteiger partial charge in [0, 0.05) is 12.1 Å². The second-order valence-corrected chi connectivity index (χ2v) is 5.52. The molecular weight excluding hydrogens is 302 g/mol. The largest absolute Gasteiger partial charge is 0.489 e. The van der Waals surface area contributed by atoms with E-state index >= 15 is 0 Å². The quantitative estimate of drug-likeness (QED) is 0.486. The molecule has 0 aliphatic heterocycles. The highest BCUT2D eigenvalue weighted by molar-refractivity contribution is 5.36. The summed E-state index contributed by atoms with van der Waals surface area (Å²) in [5, 5.41) is 10.7. The minimum absolute atomic E-state index is 0.114. The zero-order valence-corrected chi connectivity index (χ0v) is 13.1. The average molecular weight is 319 g/mol. The number of nitrogens with zero attached hydrogens (tertiary/aromatic N) is 1. The number of nitro benzene ring substituents is 1. The van der Waals surface area contributed by atoms with Crippen LogP contribution in [0.3, 0.4) is 0 Å². The van der Waals surface area contributed by atoms with E-state index in [1.165, 1.54) is 12.1 Å². The summed E-state index contributed by atoms with van der Waals surface area (Å²) in [5.74, 6) is 0.825. The predicted molar refractivity (Wildman–Crippen MR) is 93.1 cm³/mol. The Kier molecular flexibility index (Phi) is 4.87. The van der Waals surface area contributed by atoms with Gasteiger partial charge in [-0.2, -0.15) is 0 Å². The third kappa shape index (κ3) is 4.20. The molecule has 0 aromatic heterocycles. The molecule has 0 aliphatic carbocycles. The highest BCUT2D eigenvalue weighted by atomic mass is 16.6. The summed E-state index contributed by atoms with van der Waals surface area (Å²) in [5.41, 5.74) is 3.42. The third-order valence-corrected chi connectivity index (χ3v) is 3.73. The van der Waals surface area contributed by atoms with Gasteiger partial charge in [-0.3, -0.25) is 10.1 Å². The Morgan fingerprint density at radius 3 is 1.92 bits per heavy atom. The number of non-ortho nitro benzene ring substituents is 1. The molecule has 0 unspecified atom stereocenters. The fraction of sp³-hybridized carbons (Fsp3) is 0.100. The first-order chi connectivity index (χ1) is 11.7. The third-order valence-electron chi connectivity index (χ3n) is 3.73. The van der Waals surface area contributed by atoms with Crippen LogP contribution in [-0.2, 0) is 13.0 Å². The van der Waals surface area contributed by atoms with Crippen molar-refractivity contribution in [2.75, 3.05) is 0 Å². The fourth-order valence-corrected chi connectivity index (χ4v) is 2.42. The lowest BCUT2D eigenvalue weighted by molar-refractivity contribution is -0.384. The molecule has 0 bridgehead atoms. The number of benzene rings is 3. The molecule has 0 spiro atoms. The van der Waals surface area contributed by atoms with Crippen LogP contribution in [-0.4, -0.2) is 4.92 Å². The molecule has 4 nitrogen and oxygen atoms in total. The predicted octanol–water partition coefficient (Wildman–Crippen LogP) is 4.76. The van der Waals surface area contributed by atoms with Crippen molar-refractivity contribution in [2.45, 2.75) is 13.0 Å². The van der Waals surface area contributed by atoms with Gasteiger partial charge in [0.2, 0.25) is 0 Å². The summed E-state index contributed by atoms with van der Waals surface area (Å²) in [6, 6.07) is 24.6. The Morgan fingerprint density at radius 1 is 0.750 bits per heavy atom. The van der Waals surface area contributed by atoms with Crippen LogP contribution in [0.1, 0.15) is 16.7 Å². The molecule has 120 valence electrons. The van der Waals surface area contributed by atoms with Crippen LogP contribution in [0.15, 0.2) is 78.9 Å². The van der Waals surface area contributed by atoms with Crippen molar-refractivity contribution in [3.8, 4) is 5.75 Å². The number of ether oxygens (including phenoxy) is 1. The van der Waals surface area contributed by atoms with E-state index in [4.69, 9.17) is 4.74 Å². The van der Waals surface area contributed by atoms with Gasteiger partial charge in [0.1, 0.15) is 12.4 Å². The average Bonchev–Trinajstić information content (AvgIpc) is 2.62. The fourth-order valence-electron chi connectivity index (χ4n) is 2.42. The van der Waals surface area contributed by atoms with E-state index in [2.05, 4.69) is 0 Å². The smallest absolute Gasteiger partial charge is 0.269 e. The lowest BCUT2D eigenvalue weighted by Crippen LogP contribution is -1.95. The number of rotatable bonds is 6. The molecule has 0 heterocycles. The van der Waals surface area contributed by atoms with E-state index in [1.54, 1.807) is 12.1 Å². The molecular formula is C20H17NO3. The van der Waals surface area contributed by atoms with Crippen molar-refractivity contribution in [1.82, 2.24) is 0 Å². The molecule has 0 radical (unpaired) electrons. The summed E-state index contributed by atoms with van der Waals surface area (Å²) in [6.45, 7) is 0.544. The Bertz CT molecular complexity index is 797. The van der Waals surface area contributed by atoms with Crippen LogP contribution in [0, 0.1) is 10.1 Å². The lowest BCUT2D eigenvalue weighted by atomic mass is 10.0. The summed E-state index contributed by atoms with van der Waals surface area (Å²) in [4.78, 5) is 10.3. The maximum Gasteiger partial charge on any atom is 0.269 e. The second kappa shape index (κ2) is 7.42. The van der Waals surface area contributed by atoms with Crippen molar-refractivity contribution in [3.63, 3.8) is 0 Å². The zero-order valence-electron chi connectivity index (χ0n) is 13.1. The van der Waals surface area contributed by atoms with Gasteiger partial charge in [-0.25, -0.2) is 0 Å². The molecule has 0 fully saturated rings. The minimum Gasteiger partial charge on any atom is -0.489 e. The molecule has 0 saturated heterocycles. The minimum atomic E-state index is -0.386. The van der Waals surface area contributed by atoms with Crippen molar-refractivity contribution in [1.29, 1.82) is 0 Å². The van der Waals surface area contributed by atoms with Crippen LogP contribution < -0.4 is 4.74 Å². The number of hydrogen-bond donors (Lipinski definition) is 0. The van der Waals surface area contributed by atoms with Crippen LogP contribution >= 0.6 is 0 Å². The highest BCUT2D eigenvalue weighted by Gasteiger charge is 2.04.